The van der Waals surface area contributed by atoms with Gasteiger partial charge in [0.25, 0.3) is 0 Å². The molecule has 1 unspecified atom stereocenters. The molecule has 3 nitrogen and oxygen atoms in total. The summed E-state index contributed by atoms with van der Waals surface area (Å²) in [6.45, 7) is 4.32. The first-order chi connectivity index (χ1) is 28.6. The SMILES string of the molecule is CC1=CC=C(c2ccccc2)C2CC=CC=C12.Cc1cc2ccccc2cc1[O][Al]1[O]c2cc3ccccc3cc2[N]1c1ccc(-c2ccccc2)c2ccccc12. The van der Waals surface area contributed by atoms with Crippen LogP contribution in [0.5, 0.6) is 11.5 Å². The van der Waals surface area contributed by atoms with E-state index in [-0.39, 0.29) is 0 Å². The molecular weight excluding hydrogens is 722 g/mol. The third kappa shape index (κ3) is 6.71. The summed E-state index contributed by atoms with van der Waals surface area (Å²) in [4.78, 5) is 0. The van der Waals surface area contributed by atoms with Crippen LogP contribution in [0.25, 0.3) is 49.0 Å². The molecule has 1 heterocycles. The largest absolute Gasteiger partial charge is 1.04 e. The van der Waals surface area contributed by atoms with Gasteiger partial charge in [-0.3, -0.25) is 0 Å². The van der Waals surface area contributed by atoms with Gasteiger partial charge in [-0.2, -0.15) is 0 Å². The summed E-state index contributed by atoms with van der Waals surface area (Å²) in [6.07, 6.45) is 12.4. The average Bonchev–Trinajstić information content (AvgIpc) is 3.62. The molecule has 8 aromatic rings. The highest BCUT2D eigenvalue weighted by Crippen LogP contribution is 2.47. The van der Waals surface area contributed by atoms with Crippen LogP contribution >= 0.6 is 0 Å². The first-order valence-electron chi connectivity index (χ1n) is 20.1. The monoisotopic (exact) mass is 763 g/mol. The molecule has 8 aromatic carbocycles. The number of anilines is 2. The highest BCUT2D eigenvalue weighted by Gasteiger charge is 2.52. The lowest BCUT2D eigenvalue weighted by Gasteiger charge is -2.28. The van der Waals surface area contributed by atoms with Crippen LogP contribution in [0.1, 0.15) is 24.5 Å². The lowest BCUT2D eigenvalue weighted by atomic mass is 9.76. The predicted octanol–water partition coefficient (Wildman–Crippen LogP) is 14.2. The summed E-state index contributed by atoms with van der Waals surface area (Å²) in [5, 5.41) is 7.09. The van der Waals surface area contributed by atoms with Gasteiger partial charge in [-0.25, -0.2) is 0 Å². The highest BCUT2D eigenvalue weighted by molar-refractivity contribution is 6.56. The van der Waals surface area contributed by atoms with Crippen molar-refractivity contribution in [2.24, 2.45) is 5.92 Å². The maximum atomic E-state index is 6.90. The smallest absolute Gasteiger partial charge is 0.593 e. The lowest BCUT2D eigenvalue weighted by molar-refractivity contribution is 0.437. The number of benzene rings is 8. The van der Waals surface area contributed by atoms with Gasteiger partial charge in [0.2, 0.25) is 0 Å². The Labute approximate surface area is 345 Å². The molecule has 0 spiro atoms. The number of aryl methyl sites for hydroxylation is 1. The van der Waals surface area contributed by atoms with Crippen LogP contribution in [0.15, 0.2) is 211 Å². The summed E-state index contributed by atoms with van der Waals surface area (Å²) in [7, 11) is 0. The number of fused-ring (bicyclic) bond motifs is 5. The third-order valence-corrected chi connectivity index (χ3v) is 13.5. The van der Waals surface area contributed by atoms with Crippen molar-refractivity contribution in [3.05, 3.63) is 223 Å². The molecule has 0 saturated carbocycles. The van der Waals surface area contributed by atoms with E-state index in [1.807, 2.05) is 0 Å². The second-order valence-electron chi connectivity index (χ2n) is 15.3. The van der Waals surface area contributed by atoms with Gasteiger partial charge >= 0.3 is 15.0 Å². The molecule has 1 atom stereocenters. The fourth-order valence-electron chi connectivity index (χ4n) is 8.70. The van der Waals surface area contributed by atoms with E-state index < -0.39 is 15.0 Å². The maximum absolute atomic E-state index is 6.90. The van der Waals surface area contributed by atoms with Crippen molar-refractivity contribution < 1.29 is 7.58 Å². The summed E-state index contributed by atoms with van der Waals surface area (Å²) in [5.74, 6) is 2.29. The van der Waals surface area contributed by atoms with Gasteiger partial charge in [-0.1, -0.05) is 170 Å². The topological polar surface area (TPSA) is 21.7 Å². The van der Waals surface area contributed by atoms with E-state index in [9.17, 15) is 0 Å². The van der Waals surface area contributed by atoms with E-state index in [0.717, 1.165) is 45.6 Å². The molecule has 0 fully saturated rings. The number of nitrogens with zero attached hydrogens (tertiary/aromatic N) is 1. The first-order valence-corrected chi connectivity index (χ1v) is 21.6. The van der Waals surface area contributed by atoms with Crippen LogP contribution in [-0.2, 0) is 0 Å². The Kier molecular flexibility index (Phi) is 9.52. The molecule has 4 heteroatoms. The quantitative estimate of drug-likeness (QED) is 0.163. The molecular formula is C54H42AlNO2. The van der Waals surface area contributed by atoms with E-state index in [0.29, 0.717) is 5.92 Å². The van der Waals surface area contributed by atoms with Crippen molar-refractivity contribution in [1.82, 2.24) is 0 Å². The number of hydrogen-bond donors (Lipinski definition) is 0. The second kappa shape index (κ2) is 15.4. The first kappa shape index (κ1) is 35.8. The van der Waals surface area contributed by atoms with Crippen molar-refractivity contribution in [3.63, 3.8) is 0 Å². The van der Waals surface area contributed by atoms with Crippen LogP contribution in [0.4, 0.5) is 11.4 Å². The van der Waals surface area contributed by atoms with Gasteiger partial charge in [-0.05, 0) is 117 Å². The standard InChI is InChI=1S/C26H18NO.C17H16.C11H10O.Al/c28-26-17-20-11-5-4-10-19(20)16-25(26)27-24-15-14-21(18-8-2-1-3-9-18)22-12-6-7-13-23(22)24;1-13-11-12-16(14-7-3-2-4-8-14)17-10-6-5-9-15(13)17;1-8-6-9-4-2-3-5-10(9)7-11(8)12;/h1-17,28H;2-9,11-12,17H,10H2,1H3;2-7,12H,1H3;/q-1;;;+3/p-2. The lowest BCUT2D eigenvalue weighted by Crippen LogP contribution is -2.42. The molecule has 0 bridgehead atoms. The van der Waals surface area contributed by atoms with Crippen LogP contribution < -0.4 is 11.5 Å². The minimum absolute atomic E-state index is 0.549. The van der Waals surface area contributed by atoms with Crippen LogP contribution in [0, 0.1) is 12.8 Å². The van der Waals surface area contributed by atoms with Gasteiger partial charge in [0.1, 0.15) is 5.75 Å². The molecule has 1 aliphatic heterocycles. The molecule has 0 radical (unpaired) electrons. The summed E-state index contributed by atoms with van der Waals surface area (Å²) < 4.78 is 16.0. The van der Waals surface area contributed by atoms with Gasteiger partial charge < -0.3 is 11.5 Å². The zero-order chi connectivity index (χ0) is 39.0. The molecule has 0 N–H and O–H groups in total. The van der Waals surface area contributed by atoms with E-state index >= 15 is 0 Å². The molecule has 0 aromatic heterocycles. The predicted molar refractivity (Wildman–Crippen MR) is 245 cm³/mol. The van der Waals surface area contributed by atoms with Gasteiger partial charge in [0, 0.05) is 17.0 Å². The zero-order valence-corrected chi connectivity index (χ0v) is 33.8. The van der Waals surface area contributed by atoms with Crippen molar-refractivity contribution >= 4 is 64.3 Å². The minimum atomic E-state index is -2.50. The van der Waals surface area contributed by atoms with E-state index in [1.165, 1.54) is 55.0 Å². The molecule has 278 valence electrons. The third-order valence-electron chi connectivity index (χ3n) is 11.7. The minimum Gasteiger partial charge on any atom is -0.593 e. The molecule has 0 amide bonds. The number of hydrogen-bond acceptors (Lipinski definition) is 3. The van der Waals surface area contributed by atoms with Crippen LogP contribution in [-0.4, -0.2) is 15.0 Å². The maximum Gasteiger partial charge on any atom is 1.04 e. The van der Waals surface area contributed by atoms with Crippen molar-refractivity contribution in [3.8, 4) is 22.6 Å². The van der Waals surface area contributed by atoms with E-state index in [4.69, 9.17) is 7.58 Å². The van der Waals surface area contributed by atoms with Crippen molar-refractivity contribution in [2.45, 2.75) is 20.3 Å². The van der Waals surface area contributed by atoms with Gasteiger partial charge in [0.05, 0.1) is 11.4 Å². The fourth-order valence-corrected chi connectivity index (χ4v) is 10.7. The Balaban J connectivity index is 0.000000200. The van der Waals surface area contributed by atoms with Crippen LogP contribution in [0.3, 0.4) is 0 Å². The highest BCUT2D eigenvalue weighted by atomic mass is 27.2. The summed E-state index contributed by atoms with van der Waals surface area (Å²) >= 11 is -2.50. The van der Waals surface area contributed by atoms with Crippen molar-refractivity contribution in [2.75, 3.05) is 3.88 Å². The van der Waals surface area contributed by atoms with Crippen LogP contribution in [0.2, 0.25) is 0 Å². The Morgan fingerprint density at radius 2 is 1.17 bits per heavy atom. The zero-order valence-electron chi connectivity index (χ0n) is 32.7. The van der Waals surface area contributed by atoms with Gasteiger partial charge in [0.15, 0.2) is 0 Å². The van der Waals surface area contributed by atoms with Gasteiger partial charge in [-0.15, -0.1) is 0 Å². The van der Waals surface area contributed by atoms with E-state index in [1.54, 1.807) is 0 Å². The molecule has 2 aliphatic carbocycles. The molecule has 0 saturated heterocycles. The Morgan fingerprint density at radius 3 is 1.91 bits per heavy atom. The number of allylic oxidation sites excluding steroid dienone is 8. The number of rotatable bonds is 5. The van der Waals surface area contributed by atoms with Crippen molar-refractivity contribution in [1.29, 1.82) is 0 Å². The summed E-state index contributed by atoms with van der Waals surface area (Å²) in [5.41, 5.74) is 11.4. The Bertz CT molecular complexity index is 2960. The fraction of sp³-hybridized carbons (Fsp3) is 0.0741. The van der Waals surface area contributed by atoms with E-state index in [2.05, 4.69) is 218 Å². The molecule has 3 aliphatic rings. The Morgan fingerprint density at radius 1 is 0.552 bits per heavy atom. The summed E-state index contributed by atoms with van der Waals surface area (Å²) in [6, 6.07) is 60.0. The Hall–Kier alpha value is -6.57. The molecule has 11 rings (SSSR count). The normalized spacial score (nSPS) is 15.5. The average molecular weight is 764 g/mol. The molecule has 58 heavy (non-hydrogen) atoms. The second-order valence-corrected chi connectivity index (χ2v) is 16.9.